The molecule has 3 N–H and O–H groups in total. The Morgan fingerprint density at radius 2 is 2.38 bits per heavy atom. The summed E-state index contributed by atoms with van der Waals surface area (Å²) in [6, 6.07) is 0. The first-order valence-corrected chi connectivity index (χ1v) is 5.77. The number of ether oxygens (including phenoxy) is 1. The number of oxime groups is 1. The number of nitrogens with two attached hydrogens (primary N) is 1. The molecule has 0 spiro atoms. The summed E-state index contributed by atoms with van der Waals surface area (Å²) in [5.74, 6) is 0.105. The van der Waals surface area contributed by atoms with Crippen molar-refractivity contribution >= 4 is 17.6 Å². The topological polar surface area (TPSA) is 85.7 Å². The van der Waals surface area contributed by atoms with Crippen LogP contribution in [0.5, 0.6) is 0 Å². The van der Waals surface area contributed by atoms with Crippen LogP contribution in [0, 0.1) is 6.92 Å². The molecule has 1 aromatic heterocycles. The van der Waals surface area contributed by atoms with E-state index >= 15 is 0 Å². The van der Waals surface area contributed by atoms with Crippen molar-refractivity contribution in [1.29, 1.82) is 0 Å². The fraction of sp³-hybridized carbons (Fsp3) is 0.556. The van der Waals surface area contributed by atoms with Crippen molar-refractivity contribution in [1.82, 2.24) is 9.78 Å². The van der Waals surface area contributed by atoms with Crippen LogP contribution in [0.3, 0.4) is 0 Å². The SMILES string of the molecule is Cc1nn(C)c(SC2COC2)c1C(N)=NO. The average Bonchev–Trinajstić information content (AvgIpc) is 2.46. The molecule has 0 aliphatic carbocycles. The fourth-order valence-corrected chi connectivity index (χ4v) is 2.76. The first kappa shape index (κ1) is 11.3. The van der Waals surface area contributed by atoms with Crippen molar-refractivity contribution in [3.05, 3.63) is 11.3 Å². The van der Waals surface area contributed by atoms with Gasteiger partial charge in [0, 0.05) is 7.05 Å². The first-order chi connectivity index (χ1) is 7.63. The molecule has 0 unspecified atom stereocenters. The predicted molar refractivity (Wildman–Crippen MR) is 60.9 cm³/mol. The molecule has 16 heavy (non-hydrogen) atoms. The molecular weight excluding hydrogens is 228 g/mol. The van der Waals surface area contributed by atoms with Crippen LogP contribution in [0.1, 0.15) is 11.3 Å². The second-order valence-corrected chi connectivity index (χ2v) is 4.94. The normalized spacial score (nSPS) is 17.5. The van der Waals surface area contributed by atoms with Crippen molar-refractivity contribution in [2.24, 2.45) is 17.9 Å². The van der Waals surface area contributed by atoms with E-state index in [-0.39, 0.29) is 5.84 Å². The molecule has 1 aliphatic rings. The Labute approximate surface area is 97.4 Å². The number of thioether (sulfide) groups is 1. The zero-order valence-electron chi connectivity index (χ0n) is 9.17. The Morgan fingerprint density at radius 1 is 1.69 bits per heavy atom. The Hall–Kier alpha value is -1.21. The van der Waals surface area contributed by atoms with Crippen LogP contribution in [-0.2, 0) is 11.8 Å². The largest absolute Gasteiger partial charge is 0.409 e. The second-order valence-electron chi connectivity index (χ2n) is 3.65. The first-order valence-electron chi connectivity index (χ1n) is 4.89. The highest BCUT2D eigenvalue weighted by Crippen LogP contribution is 2.31. The van der Waals surface area contributed by atoms with Crippen LogP contribution in [0.4, 0.5) is 0 Å². The van der Waals surface area contributed by atoms with Gasteiger partial charge in [-0.3, -0.25) is 4.68 Å². The van der Waals surface area contributed by atoms with Crippen molar-refractivity contribution in [3.8, 4) is 0 Å². The molecule has 7 heteroatoms. The molecule has 0 saturated carbocycles. The summed E-state index contributed by atoms with van der Waals surface area (Å²) < 4.78 is 6.87. The Bertz CT molecular complexity index is 425. The Kier molecular flexibility index (Phi) is 3.06. The summed E-state index contributed by atoms with van der Waals surface area (Å²) in [7, 11) is 1.85. The number of rotatable bonds is 3. The van der Waals surface area contributed by atoms with Gasteiger partial charge >= 0.3 is 0 Å². The molecule has 0 bridgehead atoms. The number of hydrogen-bond donors (Lipinski definition) is 2. The lowest BCUT2D eigenvalue weighted by molar-refractivity contribution is 0.0454. The van der Waals surface area contributed by atoms with Gasteiger partial charge in [-0.15, -0.1) is 0 Å². The molecule has 0 aromatic carbocycles. The molecule has 1 saturated heterocycles. The summed E-state index contributed by atoms with van der Waals surface area (Å²) in [5.41, 5.74) is 7.12. The number of amidine groups is 1. The van der Waals surface area contributed by atoms with Crippen molar-refractivity contribution in [2.45, 2.75) is 17.2 Å². The third-order valence-electron chi connectivity index (χ3n) is 2.42. The minimum absolute atomic E-state index is 0.105. The summed E-state index contributed by atoms with van der Waals surface area (Å²) in [4.78, 5) is 0. The maximum absolute atomic E-state index is 8.74. The fourth-order valence-electron chi connectivity index (χ4n) is 1.56. The Morgan fingerprint density at radius 3 is 2.88 bits per heavy atom. The lowest BCUT2D eigenvalue weighted by Gasteiger charge is -2.25. The third kappa shape index (κ3) is 1.88. The molecule has 0 amide bonds. The van der Waals surface area contributed by atoms with Gasteiger partial charge in [-0.2, -0.15) is 5.10 Å². The van der Waals surface area contributed by atoms with Gasteiger partial charge in [0.15, 0.2) is 5.84 Å². The van der Waals surface area contributed by atoms with Crippen LogP contribution < -0.4 is 5.73 Å². The second kappa shape index (κ2) is 4.34. The van der Waals surface area contributed by atoms with E-state index < -0.39 is 0 Å². The maximum Gasteiger partial charge on any atom is 0.174 e. The average molecular weight is 242 g/mol. The highest BCUT2D eigenvalue weighted by Gasteiger charge is 2.25. The maximum atomic E-state index is 8.74. The third-order valence-corrected chi connectivity index (χ3v) is 3.72. The smallest absolute Gasteiger partial charge is 0.174 e. The van der Waals surface area contributed by atoms with E-state index in [0.29, 0.717) is 10.8 Å². The van der Waals surface area contributed by atoms with Crippen molar-refractivity contribution in [2.75, 3.05) is 13.2 Å². The monoisotopic (exact) mass is 242 g/mol. The lowest BCUT2D eigenvalue weighted by atomic mass is 10.2. The number of nitrogens with zero attached hydrogens (tertiary/aromatic N) is 3. The van der Waals surface area contributed by atoms with Gasteiger partial charge in [-0.1, -0.05) is 16.9 Å². The minimum atomic E-state index is 0.105. The van der Waals surface area contributed by atoms with Gasteiger partial charge in [0.25, 0.3) is 0 Å². The predicted octanol–water partition coefficient (Wildman–Crippen LogP) is 0.314. The molecule has 1 aromatic rings. The molecule has 2 heterocycles. The van der Waals surface area contributed by atoms with E-state index in [2.05, 4.69) is 10.3 Å². The highest BCUT2D eigenvalue weighted by atomic mass is 32.2. The molecule has 2 rings (SSSR count). The van der Waals surface area contributed by atoms with Gasteiger partial charge < -0.3 is 15.7 Å². The Balaban J connectivity index is 2.33. The summed E-state index contributed by atoms with van der Waals surface area (Å²) in [6.07, 6.45) is 0. The van der Waals surface area contributed by atoms with E-state index in [9.17, 15) is 0 Å². The van der Waals surface area contributed by atoms with Gasteiger partial charge in [0.2, 0.25) is 0 Å². The molecule has 0 atom stereocenters. The minimum Gasteiger partial charge on any atom is -0.409 e. The van der Waals surface area contributed by atoms with E-state index in [1.165, 1.54) is 0 Å². The zero-order valence-corrected chi connectivity index (χ0v) is 9.99. The molecule has 88 valence electrons. The molecule has 0 radical (unpaired) electrons. The van der Waals surface area contributed by atoms with Crippen LogP contribution in [0.15, 0.2) is 10.2 Å². The van der Waals surface area contributed by atoms with Crippen LogP contribution in [-0.4, -0.2) is 39.3 Å². The van der Waals surface area contributed by atoms with Gasteiger partial charge in [0.05, 0.1) is 29.7 Å². The molecular formula is C9H14N4O2S. The summed E-state index contributed by atoms with van der Waals surface area (Å²) >= 11 is 1.65. The van der Waals surface area contributed by atoms with E-state index in [1.54, 1.807) is 16.4 Å². The van der Waals surface area contributed by atoms with Gasteiger partial charge in [0.1, 0.15) is 5.03 Å². The zero-order chi connectivity index (χ0) is 11.7. The van der Waals surface area contributed by atoms with Gasteiger partial charge in [-0.05, 0) is 6.92 Å². The molecule has 1 fully saturated rings. The van der Waals surface area contributed by atoms with Crippen molar-refractivity contribution in [3.63, 3.8) is 0 Å². The van der Waals surface area contributed by atoms with Gasteiger partial charge in [-0.25, -0.2) is 0 Å². The van der Waals surface area contributed by atoms with Crippen LogP contribution >= 0.6 is 11.8 Å². The summed E-state index contributed by atoms with van der Waals surface area (Å²) in [6.45, 7) is 3.32. The quantitative estimate of drug-likeness (QED) is 0.345. The highest BCUT2D eigenvalue weighted by molar-refractivity contribution is 8.00. The number of aryl methyl sites for hydroxylation is 2. The van der Waals surface area contributed by atoms with E-state index in [1.807, 2.05) is 14.0 Å². The van der Waals surface area contributed by atoms with E-state index in [0.717, 1.165) is 23.9 Å². The molecule has 1 aliphatic heterocycles. The summed E-state index contributed by atoms with van der Waals surface area (Å²) in [5, 5.41) is 17.4. The van der Waals surface area contributed by atoms with E-state index in [4.69, 9.17) is 15.7 Å². The number of aromatic nitrogens is 2. The lowest BCUT2D eigenvalue weighted by Crippen LogP contribution is -2.30. The number of hydrogen-bond acceptors (Lipinski definition) is 5. The van der Waals surface area contributed by atoms with Crippen molar-refractivity contribution < 1.29 is 9.94 Å². The van der Waals surface area contributed by atoms with Crippen LogP contribution in [0.25, 0.3) is 0 Å². The van der Waals surface area contributed by atoms with Crippen LogP contribution in [0.2, 0.25) is 0 Å². The standard InChI is InChI=1S/C9H14N4O2S/c1-5-7(8(10)12-14)9(13(2)11-5)16-6-3-15-4-6/h6,14H,3-4H2,1-2H3,(H2,10,12). The molecule has 6 nitrogen and oxygen atoms in total.